The van der Waals surface area contributed by atoms with Gasteiger partial charge in [-0.2, -0.15) is 0 Å². The predicted molar refractivity (Wildman–Crippen MR) is 51.7 cm³/mol. The van der Waals surface area contributed by atoms with Crippen molar-refractivity contribution in [1.29, 1.82) is 0 Å². The zero-order valence-electron chi connectivity index (χ0n) is 7.38. The second kappa shape index (κ2) is 4.46. The van der Waals surface area contributed by atoms with E-state index < -0.39 is 0 Å². The number of hydrogen-bond acceptors (Lipinski definition) is 3. The van der Waals surface area contributed by atoms with E-state index in [0.29, 0.717) is 18.1 Å². The highest BCUT2D eigenvalue weighted by Gasteiger charge is 2.07. The number of nitrogens with two attached hydrogens (primary N) is 1. The van der Waals surface area contributed by atoms with Gasteiger partial charge in [-0.3, -0.25) is 0 Å². The molecule has 0 fully saturated rings. The maximum atomic E-state index is 9.58. The van der Waals surface area contributed by atoms with Crippen LogP contribution in [0.3, 0.4) is 0 Å². The summed E-state index contributed by atoms with van der Waals surface area (Å²) in [6, 6.07) is 3.67. The first-order valence-corrected chi connectivity index (χ1v) is 4.33. The van der Waals surface area contributed by atoms with E-state index in [1.807, 2.05) is 19.1 Å². The van der Waals surface area contributed by atoms with Gasteiger partial charge >= 0.3 is 0 Å². The summed E-state index contributed by atoms with van der Waals surface area (Å²) in [6.45, 7) is 2.21. The van der Waals surface area contributed by atoms with Crippen molar-refractivity contribution in [2.24, 2.45) is 5.90 Å². The van der Waals surface area contributed by atoms with Crippen LogP contribution in [-0.2, 0) is 11.3 Å². The number of phenols is 1. The van der Waals surface area contributed by atoms with Crippen LogP contribution in [0.15, 0.2) is 12.1 Å². The van der Waals surface area contributed by atoms with Gasteiger partial charge in [0.2, 0.25) is 0 Å². The Morgan fingerprint density at radius 2 is 2.23 bits per heavy atom. The Labute approximate surface area is 82.0 Å². The average Bonchev–Trinajstić information content (AvgIpc) is 2.13. The molecule has 1 rings (SSSR count). The minimum Gasteiger partial charge on any atom is -0.506 e. The van der Waals surface area contributed by atoms with Crippen molar-refractivity contribution in [2.45, 2.75) is 13.3 Å². The maximum Gasteiger partial charge on any atom is 0.137 e. The van der Waals surface area contributed by atoms with Crippen LogP contribution in [-0.4, -0.2) is 11.7 Å². The molecule has 1 aromatic rings. The molecule has 0 unspecified atom stereocenters. The number of aryl methyl sites for hydroxylation is 1. The zero-order chi connectivity index (χ0) is 9.84. The molecule has 0 aliphatic heterocycles. The predicted octanol–water partition coefficient (Wildman–Crippen LogP) is 1.79. The van der Waals surface area contributed by atoms with Gasteiger partial charge in [0.15, 0.2) is 0 Å². The maximum absolute atomic E-state index is 9.58. The molecular weight excluding hydrogens is 190 g/mol. The first-order chi connectivity index (χ1) is 6.16. The average molecular weight is 202 g/mol. The first-order valence-electron chi connectivity index (χ1n) is 3.95. The Kier molecular flexibility index (Phi) is 3.54. The quantitative estimate of drug-likeness (QED) is 0.734. The Hall–Kier alpha value is -0.770. The van der Waals surface area contributed by atoms with Gasteiger partial charge < -0.3 is 9.94 Å². The third-order valence-corrected chi connectivity index (χ3v) is 2.36. The van der Waals surface area contributed by atoms with E-state index in [2.05, 4.69) is 4.84 Å². The second-order valence-corrected chi connectivity index (χ2v) is 3.20. The SMILES string of the molecule is Cc1ccc(CCON)c(O)c1Cl. The molecule has 4 heteroatoms. The summed E-state index contributed by atoms with van der Waals surface area (Å²) < 4.78 is 0. The molecule has 0 saturated heterocycles. The fourth-order valence-electron chi connectivity index (χ4n) is 1.08. The highest BCUT2D eigenvalue weighted by Crippen LogP contribution is 2.30. The molecule has 13 heavy (non-hydrogen) atoms. The van der Waals surface area contributed by atoms with Crippen LogP contribution in [0.5, 0.6) is 5.75 Å². The first kappa shape index (κ1) is 10.3. The summed E-state index contributed by atoms with van der Waals surface area (Å²) >= 11 is 5.84. The lowest BCUT2D eigenvalue weighted by atomic mass is 10.1. The molecule has 0 bridgehead atoms. The van der Waals surface area contributed by atoms with E-state index >= 15 is 0 Å². The normalized spacial score (nSPS) is 10.4. The van der Waals surface area contributed by atoms with E-state index in [1.165, 1.54) is 0 Å². The van der Waals surface area contributed by atoms with Crippen LogP contribution in [0.25, 0.3) is 0 Å². The van der Waals surface area contributed by atoms with Crippen LogP contribution in [0.1, 0.15) is 11.1 Å². The summed E-state index contributed by atoms with van der Waals surface area (Å²) in [5, 5.41) is 9.97. The van der Waals surface area contributed by atoms with Gasteiger partial charge in [0.1, 0.15) is 5.75 Å². The van der Waals surface area contributed by atoms with Gasteiger partial charge in [-0.15, -0.1) is 0 Å². The van der Waals surface area contributed by atoms with Crippen molar-refractivity contribution in [1.82, 2.24) is 0 Å². The Morgan fingerprint density at radius 1 is 1.54 bits per heavy atom. The van der Waals surface area contributed by atoms with E-state index in [0.717, 1.165) is 11.1 Å². The topological polar surface area (TPSA) is 55.5 Å². The zero-order valence-corrected chi connectivity index (χ0v) is 8.14. The number of benzene rings is 1. The summed E-state index contributed by atoms with van der Waals surface area (Å²) in [6.07, 6.45) is 0.558. The van der Waals surface area contributed by atoms with E-state index in [1.54, 1.807) is 0 Å². The van der Waals surface area contributed by atoms with Crippen molar-refractivity contribution in [2.75, 3.05) is 6.61 Å². The lowest BCUT2D eigenvalue weighted by molar-refractivity contribution is 0.141. The highest BCUT2D eigenvalue weighted by molar-refractivity contribution is 6.32. The lowest BCUT2D eigenvalue weighted by Crippen LogP contribution is -2.03. The Balaban J connectivity index is 2.90. The molecule has 0 heterocycles. The summed E-state index contributed by atoms with van der Waals surface area (Å²) in [4.78, 5) is 4.42. The fraction of sp³-hybridized carbons (Fsp3) is 0.333. The molecule has 0 spiro atoms. The second-order valence-electron chi connectivity index (χ2n) is 2.82. The van der Waals surface area contributed by atoms with Crippen LogP contribution in [0, 0.1) is 6.92 Å². The molecule has 0 amide bonds. The largest absolute Gasteiger partial charge is 0.506 e. The molecule has 0 saturated carbocycles. The fourth-order valence-corrected chi connectivity index (χ4v) is 1.26. The van der Waals surface area contributed by atoms with Gasteiger partial charge in [0, 0.05) is 6.42 Å². The van der Waals surface area contributed by atoms with E-state index in [9.17, 15) is 5.11 Å². The molecule has 3 nitrogen and oxygen atoms in total. The monoisotopic (exact) mass is 201 g/mol. The van der Waals surface area contributed by atoms with Gasteiger partial charge in [-0.25, -0.2) is 5.90 Å². The van der Waals surface area contributed by atoms with Crippen molar-refractivity contribution < 1.29 is 9.94 Å². The number of hydrogen-bond donors (Lipinski definition) is 2. The third-order valence-electron chi connectivity index (χ3n) is 1.88. The molecule has 0 radical (unpaired) electrons. The standard InChI is InChI=1S/C9H12ClNO2/c1-6-2-3-7(4-5-13-11)9(12)8(6)10/h2-3,12H,4-5,11H2,1H3. The van der Waals surface area contributed by atoms with Crippen LogP contribution >= 0.6 is 11.6 Å². The van der Waals surface area contributed by atoms with Crippen molar-refractivity contribution >= 4 is 11.6 Å². The van der Waals surface area contributed by atoms with Crippen molar-refractivity contribution in [3.63, 3.8) is 0 Å². The number of rotatable bonds is 3. The molecule has 0 aliphatic rings. The smallest absolute Gasteiger partial charge is 0.137 e. The molecule has 0 atom stereocenters. The van der Waals surface area contributed by atoms with E-state index in [4.69, 9.17) is 17.5 Å². The van der Waals surface area contributed by atoms with Crippen LogP contribution in [0.2, 0.25) is 5.02 Å². The molecular formula is C9H12ClNO2. The third kappa shape index (κ3) is 2.34. The molecule has 0 aromatic heterocycles. The number of phenolic OH excluding ortho intramolecular Hbond substituents is 1. The lowest BCUT2D eigenvalue weighted by Gasteiger charge is -2.07. The Bertz CT molecular complexity index is 302. The summed E-state index contributed by atoms with van der Waals surface area (Å²) in [5.74, 6) is 5.00. The number of halogens is 1. The minimum absolute atomic E-state index is 0.124. The van der Waals surface area contributed by atoms with Gasteiger partial charge in [-0.1, -0.05) is 23.7 Å². The van der Waals surface area contributed by atoms with Crippen molar-refractivity contribution in [3.05, 3.63) is 28.3 Å². The van der Waals surface area contributed by atoms with Crippen LogP contribution < -0.4 is 5.90 Å². The van der Waals surface area contributed by atoms with Gasteiger partial charge in [-0.05, 0) is 18.1 Å². The molecule has 0 aliphatic carbocycles. The van der Waals surface area contributed by atoms with Gasteiger partial charge in [0.05, 0.1) is 11.6 Å². The molecule has 72 valence electrons. The van der Waals surface area contributed by atoms with E-state index in [-0.39, 0.29) is 5.75 Å². The van der Waals surface area contributed by atoms with Gasteiger partial charge in [0.25, 0.3) is 0 Å². The number of aromatic hydroxyl groups is 1. The minimum atomic E-state index is 0.124. The molecule has 1 aromatic carbocycles. The van der Waals surface area contributed by atoms with Crippen LogP contribution in [0.4, 0.5) is 0 Å². The Morgan fingerprint density at radius 3 is 2.85 bits per heavy atom. The van der Waals surface area contributed by atoms with Crippen molar-refractivity contribution in [3.8, 4) is 5.75 Å². The summed E-state index contributed by atoms with van der Waals surface area (Å²) in [7, 11) is 0. The molecule has 3 N–H and O–H groups in total. The summed E-state index contributed by atoms with van der Waals surface area (Å²) in [5.41, 5.74) is 1.61. The highest BCUT2D eigenvalue weighted by atomic mass is 35.5.